The fraction of sp³-hybridized carbons (Fsp3) is 0.556. The van der Waals surface area contributed by atoms with E-state index in [1.165, 1.54) is 0 Å². The first-order valence-corrected chi connectivity index (χ1v) is 8.51. The second kappa shape index (κ2) is 7.61. The molecule has 0 aliphatic carbocycles. The third-order valence-corrected chi connectivity index (χ3v) is 4.28. The van der Waals surface area contributed by atoms with Crippen LogP contribution in [0.5, 0.6) is 0 Å². The van der Waals surface area contributed by atoms with E-state index >= 15 is 0 Å². The van der Waals surface area contributed by atoms with Gasteiger partial charge in [0.25, 0.3) is 0 Å². The Bertz CT molecular complexity index is 648. The zero-order valence-corrected chi connectivity index (χ0v) is 14.7. The van der Waals surface area contributed by atoms with Crippen LogP contribution in [0, 0.1) is 0 Å². The number of carboxylic acids is 1. The molecule has 0 saturated carbocycles. The van der Waals surface area contributed by atoms with Gasteiger partial charge in [0.2, 0.25) is 0 Å². The molecular weight excluding hydrogens is 342 g/mol. The molecule has 4 atom stereocenters. The van der Waals surface area contributed by atoms with E-state index in [9.17, 15) is 9.59 Å². The summed E-state index contributed by atoms with van der Waals surface area (Å²) >= 11 is 0. The number of nitrogens with one attached hydrogen (secondary N) is 1. The zero-order valence-electron chi connectivity index (χ0n) is 14.7. The Balaban J connectivity index is 1.52. The molecule has 8 nitrogen and oxygen atoms in total. The van der Waals surface area contributed by atoms with E-state index in [1.54, 1.807) is 13.8 Å². The maximum absolute atomic E-state index is 11.9. The van der Waals surface area contributed by atoms with E-state index in [-0.39, 0.29) is 19.6 Å². The molecule has 1 aromatic carbocycles. The van der Waals surface area contributed by atoms with Crippen molar-refractivity contribution in [3.05, 3.63) is 35.9 Å². The molecule has 1 amide bonds. The van der Waals surface area contributed by atoms with Crippen LogP contribution in [-0.2, 0) is 30.3 Å². The summed E-state index contributed by atoms with van der Waals surface area (Å²) in [6.07, 6.45) is -2.80. The Morgan fingerprint density at radius 3 is 2.46 bits per heavy atom. The Morgan fingerprint density at radius 1 is 1.15 bits per heavy atom. The summed E-state index contributed by atoms with van der Waals surface area (Å²) in [6.45, 7) is 3.84. The number of carbonyl (C=O) groups excluding carboxylic acids is 1. The summed E-state index contributed by atoms with van der Waals surface area (Å²) in [7, 11) is 0. The summed E-state index contributed by atoms with van der Waals surface area (Å²) in [5, 5.41) is 11.7. The highest BCUT2D eigenvalue weighted by atomic mass is 16.8. The van der Waals surface area contributed by atoms with Crippen LogP contribution in [-0.4, -0.2) is 53.9 Å². The Kier molecular flexibility index (Phi) is 5.45. The van der Waals surface area contributed by atoms with Crippen molar-refractivity contribution in [2.75, 3.05) is 6.54 Å². The number of alkyl carbamates (subject to hydrolysis) is 1. The molecule has 2 aliphatic rings. The lowest BCUT2D eigenvalue weighted by Gasteiger charge is -2.23. The van der Waals surface area contributed by atoms with Gasteiger partial charge in [-0.2, -0.15) is 0 Å². The molecule has 142 valence electrons. The lowest BCUT2D eigenvalue weighted by atomic mass is 10.1. The van der Waals surface area contributed by atoms with Crippen LogP contribution < -0.4 is 5.32 Å². The van der Waals surface area contributed by atoms with Gasteiger partial charge in [-0.1, -0.05) is 30.3 Å². The number of aliphatic carboxylic acids is 1. The molecule has 1 unspecified atom stereocenters. The maximum Gasteiger partial charge on any atom is 0.407 e. The molecule has 1 aromatic rings. The molecule has 0 aromatic heterocycles. The quantitative estimate of drug-likeness (QED) is 0.790. The average molecular weight is 365 g/mol. The van der Waals surface area contributed by atoms with Gasteiger partial charge in [-0.05, 0) is 19.4 Å². The van der Waals surface area contributed by atoms with Gasteiger partial charge in [0, 0.05) is 6.54 Å². The minimum atomic E-state index is -0.974. The smallest absolute Gasteiger partial charge is 0.407 e. The lowest BCUT2D eigenvalue weighted by molar-refractivity contribution is -0.188. The SMILES string of the molecule is CC1(C)OC2[C@H](CC(=O)O)O[C@H](CNC(=O)OCc3ccccc3)[C@H]2O1. The molecule has 2 saturated heterocycles. The number of amides is 1. The van der Waals surface area contributed by atoms with E-state index in [1.807, 2.05) is 30.3 Å². The summed E-state index contributed by atoms with van der Waals surface area (Å²) in [5.41, 5.74) is 0.885. The topological polar surface area (TPSA) is 103 Å². The summed E-state index contributed by atoms with van der Waals surface area (Å²) < 4.78 is 22.5. The fourth-order valence-corrected chi connectivity index (χ4v) is 3.23. The zero-order chi connectivity index (χ0) is 18.7. The first-order valence-electron chi connectivity index (χ1n) is 8.51. The van der Waals surface area contributed by atoms with Crippen molar-refractivity contribution in [2.24, 2.45) is 0 Å². The van der Waals surface area contributed by atoms with Crippen molar-refractivity contribution < 1.29 is 33.6 Å². The number of ether oxygens (including phenoxy) is 4. The maximum atomic E-state index is 11.9. The molecule has 3 rings (SSSR count). The minimum Gasteiger partial charge on any atom is -0.481 e. The average Bonchev–Trinajstić information content (AvgIpc) is 3.05. The van der Waals surface area contributed by atoms with E-state index in [0.29, 0.717) is 0 Å². The monoisotopic (exact) mass is 365 g/mol. The number of carboxylic acid groups (broad SMARTS) is 1. The third kappa shape index (κ3) is 4.51. The van der Waals surface area contributed by atoms with Crippen LogP contribution in [0.1, 0.15) is 25.8 Å². The van der Waals surface area contributed by atoms with Crippen molar-refractivity contribution in [3.8, 4) is 0 Å². The van der Waals surface area contributed by atoms with E-state index in [2.05, 4.69) is 5.32 Å². The van der Waals surface area contributed by atoms with Gasteiger partial charge >= 0.3 is 12.1 Å². The van der Waals surface area contributed by atoms with Crippen LogP contribution >= 0.6 is 0 Å². The summed E-state index contributed by atoms with van der Waals surface area (Å²) in [5.74, 6) is -1.79. The summed E-state index contributed by atoms with van der Waals surface area (Å²) in [4.78, 5) is 22.9. The normalized spacial score (nSPS) is 29.2. The van der Waals surface area contributed by atoms with Crippen molar-refractivity contribution in [1.82, 2.24) is 5.32 Å². The van der Waals surface area contributed by atoms with Gasteiger partial charge in [-0.25, -0.2) is 4.79 Å². The molecule has 2 heterocycles. The number of rotatable bonds is 6. The van der Waals surface area contributed by atoms with Gasteiger partial charge in [-0.3, -0.25) is 4.79 Å². The molecule has 0 radical (unpaired) electrons. The van der Waals surface area contributed by atoms with Crippen LogP contribution in [0.15, 0.2) is 30.3 Å². The van der Waals surface area contributed by atoms with E-state index in [4.69, 9.17) is 24.1 Å². The van der Waals surface area contributed by atoms with Crippen LogP contribution in [0.4, 0.5) is 4.79 Å². The molecular formula is C18H23NO7. The second-order valence-corrected chi connectivity index (χ2v) is 6.82. The van der Waals surface area contributed by atoms with Gasteiger partial charge in [0.1, 0.15) is 24.9 Å². The van der Waals surface area contributed by atoms with E-state index < -0.39 is 42.3 Å². The molecule has 2 N–H and O–H groups in total. The van der Waals surface area contributed by atoms with Crippen LogP contribution in [0.2, 0.25) is 0 Å². The number of fused-ring (bicyclic) bond motifs is 1. The molecule has 0 bridgehead atoms. The number of carbonyl (C=O) groups is 2. The first kappa shape index (κ1) is 18.6. The van der Waals surface area contributed by atoms with Crippen LogP contribution in [0.25, 0.3) is 0 Å². The molecule has 2 aliphatic heterocycles. The highest BCUT2D eigenvalue weighted by molar-refractivity contribution is 5.68. The fourth-order valence-electron chi connectivity index (χ4n) is 3.23. The van der Waals surface area contributed by atoms with Gasteiger partial charge in [0.15, 0.2) is 5.79 Å². The highest BCUT2D eigenvalue weighted by Crippen LogP contribution is 2.39. The van der Waals surface area contributed by atoms with Crippen molar-refractivity contribution in [2.45, 2.75) is 57.1 Å². The minimum absolute atomic E-state index is 0.143. The predicted octanol–water partition coefficient (Wildman–Crippen LogP) is 1.68. The van der Waals surface area contributed by atoms with E-state index in [0.717, 1.165) is 5.56 Å². The summed E-state index contributed by atoms with van der Waals surface area (Å²) in [6, 6.07) is 9.34. The molecule has 26 heavy (non-hydrogen) atoms. The van der Waals surface area contributed by atoms with Crippen molar-refractivity contribution in [3.63, 3.8) is 0 Å². The lowest BCUT2D eigenvalue weighted by Crippen LogP contribution is -2.40. The van der Waals surface area contributed by atoms with Crippen molar-refractivity contribution in [1.29, 1.82) is 0 Å². The van der Waals surface area contributed by atoms with Gasteiger partial charge in [0.05, 0.1) is 12.5 Å². The number of benzene rings is 1. The molecule has 0 spiro atoms. The molecule has 8 heteroatoms. The molecule has 2 fully saturated rings. The Morgan fingerprint density at radius 2 is 1.81 bits per heavy atom. The van der Waals surface area contributed by atoms with Crippen LogP contribution in [0.3, 0.4) is 0 Å². The Labute approximate surface area is 151 Å². The number of hydrogen-bond donors (Lipinski definition) is 2. The standard InChI is InChI=1S/C18H23NO7/c1-18(2)25-15-12(8-14(20)21)24-13(16(15)26-18)9-19-17(22)23-10-11-6-4-3-5-7-11/h3-7,12-13,15-16H,8-10H2,1-2H3,(H,19,22)(H,20,21)/t12-,13+,15?,16+/m0/s1. The van der Waals surface area contributed by atoms with Crippen molar-refractivity contribution >= 4 is 12.1 Å². The third-order valence-electron chi connectivity index (χ3n) is 4.28. The second-order valence-electron chi connectivity index (χ2n) is 6.82. The largest absolute Gasteiger partial charge is 0.481 e. The predicted molar refractivity (Wildman–Crippen MR) is 89.4 cm³/mol. The highest BCUT2D eigenvalue weighted by Gasteiger charge is 2.55. The number of hydrogen-bond acceptors (Lipinski definition) is 6. The Hall–Kier alpha value is -2.16. The van der Waals surface area contributed by atoms with Gasteiger partial charge < -0.3 is 29.4 Å². The van der Waals surface area contributed by atoms with Gasteiger partial charge in [-0.15, -0.1) is 0 Å². The first-order chi connectivity index (χ1) is 12.3.